The van der Waals surface area contributed by atoms with Crippen LogP contribution in [-0.4, -0.2) is 47.3 Å². The summed E-state index contributed by atoms with van der Waals surface area (Å²) < 4.78 is 5.32. The molecule has 8 heteroatoms. The summed E-state index contributed by atoms with van der Waals surface area (Å²) in [7, 11) is 0. The molecule has 0 radical (unpaired) electrons. The molecule has 1 saturated carbocycles. The molecule has 2 aliphatic rings. The molecule has 2 N–H and O–H groups in total. The highest BCUT2D eigenvalue weighted by molar-refractivity contribution is 5.96. The zero-order valence-corrected chi connectivity index (χ0v) is 16.8. The van der Waals surface area contributed by atoms with Gasteiger partial charge in [0.1, 0.15) is 0 Å². The molecule has 1 aromatic carbocycles. The predicted octanol–water partition coefficient (Wildman–Crippen LogP) is 2.31. The summed E-state index contributed by atoms with van der Waals surface area (Å²) in [6.07, 6.45) is 3.39. The first-order valence-electron chi connectivity index (χ1n) is 10.0. The highest BCUT2D eigenvalue weighted by atomic mass is 16.5. The highest BCUT2D eigenvalue weighted by Gasteiger charge is 2.40. The standard InChI is InChI=1S/C21H27N3O5/c1-13(20(27)23-17-9-7-16(8-10-17)22-14(2)25)29-21(28)15-11-19(26)24(12-15)18-5-3-4-6-18/h7-10,13,15,18H,3-6,11-12H2,1-2H3,(H,22,25)(H,23,27)/t13-,15+/m0/s1. The van der Waals surface area contributed by atoms with Crippen LogP contribution in [0.15, 0.2) is 24.3 Å². The molecule has 0 bridgehead atoms. The minimum Gasteiger partial charge on any atom is -0.452 e. The van der Waals surface area contributed by atoms with Gasteiger partial charge < -0.3 is 20.3 Å². The number of benzene rings is 1. The Balaban J connectivity index is 1.49. The average molecular weight is 401 g/mol. The lowest BCUT2D eigenvalue weighted by Gasteiger charge is -2.24. The van der Waals surface area contributed by atoms with Crippen molar-refractivity contribution in [1.82, 2.24) is 4.90 Å². The molecule has 1 saturated heterocycles. The molecule has 2 atom stereocenters. The van der Waals surface area contributed by atoms with E-state index in [0.29, 0.717) is 17.9 Å². The fourth-order valence-electron chi connectivity index (χ4n) is 3.87. The van der Waals surface area contributed by atoms with Crippen LogP contribution in [0.1, 0.15) is 46.0 Å². The van der Waals surface area contributed by atoms with E-state index in [1.165, 1.54) is 13.8 Å². The summed E-state index contributed by atoms with van der Waals surface area (Å²) in [4.78, 5) is 49.9. The van der Waals surface area contributed by atoms with Gasteiger partial charge in [-0.1, -0.05) is 12.8 Å². The van der Waals surface area contributed by atoms with Crippen LogP contribution >= 0.6 is 0 Å². The molecular weight excluding hydrogens is 374 g/mol. The minimum absolute atomic E-state index is 0.00443. The van der Waals surface area contributed by atoms with Crippen molar-refractivity contribution in [3.8, 4) is 0 Å². The first kappa shape index (κ1) is 20.8. The van der Waals surface area contributed by atoms with Crippen LogP contribution in [0.2, 0.25) is 0 Å². The smallest absolute Gasteiger partial charge is 0.312 e. The maximum Gasteiger partial charge on any atom is 0.312 e. The van der Waals surface area contributed by atoms with Gasteiger partial charge in [-0.2, -0.15) is 0 Å². The van der Waals surface area contributed by atoms with Gasteiger partial charge in [-0.15, -0.1) is 0 Å². The maximum atomic E-state index is 12.4. The summed E-state index contributed by atoms with van der Waals surface area (Å²) in [5, 5.41) is 5.31. The highest BCUT2D eigenvalue weighted by Crippen LogP contribution is 2.30. The summed E-state index contributed by atoms with van der Waals surface area (Å²) in [6.45, 7) is 3.29. The van der Waals surface area contributed by atoms with Crippen LogP contribution in [0.4, 0.5) is 11.4 Å². The van der Waals surface area contributed by atoms with E-state index < -0.39 is 23.9 Å². The van der Waals surface area contributed by atoms with E-state index in [4.69, 9.17) is 4.74 Å². The second-order valence-corrected chi connectivity index (χ2v) is 7.71. The maximum absolute atomic E-state index is 12.4. The van der Waals surface area contributed by atoms with Crippen LogP contribution < -0.4 is 10.6 Å². The topological polar surface area (TPSA) is 105 Å². The number of nitrogens with one attached hydrogen (secondary N) is 2. The molecule has 0 unspecified atom stereocenters. The number of likely N-dealkylation sites (tertiary alicyclic amines) is 1. The molecule has 29 heavy (non-hydrogen) atoms. The summed E-state index contributed by atoms with van der Waals surface area (Å²) in [6, 6.07) is 6.85. The molecule has 8 nitrogen and oxygen atoms in total. The number of esters is 1. The van der Waals surface area contributed by atoms with Gasteiger partial charge in [-0.3, -0.25) is 19.2 Å². The van der Waals surface area contributed by atoms with Crippen molar-refractivity contribution >= 4 is 35.1 Å². The molecular formula is C21H27N3O5. The largest absolute Gasteiger partial charge is 0.452 e. The van der Waals surface area contributed by atoms with Gasteiger partial charge in [0.05, 0.1) is 5.92 Å². The van der Waals surface area contributed by atoms with Crippen LogP contribution in [0.3, 0.4) is 0 Å². The Morgan fingerprint density at radius 3 is 2.24 bits per heavy atom. The van der Waals surface area contributed by atoms with E-state index >= 15 is 0 Å². The number of rotatable bonds is 6. The minimum atomic E-state index is -0.979. The van der Waals surface area contributed by atoms with Crippen molar-refractivity contribution in [2.24, 2.45) is 5.92 Å². The first-order valence-corrected chi connectivity index (χ1v) is 10.0. The lowest BCUT2D eigenvalue weighted by atomic mass is 10.1. The summed E-state index contributed by atoms with van der Waals surface area (Å²) >= 11 is 0. The molecule has 2 fully saturated rings. The van der Waals surface area contributed by atoms with Crippen LogP contribution in [0.25, 0.3) is 0 Å². The number of hydrogen-bond donors (Lipinski definition) is 2. The number of nitrogens with zero attached hydrogens (tertiary/aromatic N) is 1. The third-order valence-electron chi connectivity index (χ3n) is 5.39. The lowest BCUT2D eigenvalue weighted by Crippen LogP contribution is -2.36. The predicted molar refractivity (Wildman–Crippen MR) is 107 cm³/mol. The number of ether oxygens (including phenoxy) is 1. The van der Waals surface area contributed by atoms with Crippen molar-refractivity contribution in [2.75, 3.05) is 17.2 Å². The van der Waals surface area contributed by atoms with Gasteiger partial charge in [0.25, 0.3) is 5.91 Å². The van der Waals surface area contributed by atoms with Gasteiger partial charge in [-0.25, -0.2) is 0 Å². The van der Waals surface area contributed by atoms with Crippen molar-refractivity contribution in [2.45, 2.75) is 58.1 Å². The Labute approximate surface area is 170 Å². The van der Waals surface area contributed by atoms with Crippen molar-refractivity contribution < 1.29 is 23.9 Å². The van der Waals surface area contributed by atoms with E-state index in [-0.39, 0.29) is 24.3 Å². The second kappa shape index (κ2) is 9.07. The Morgan fingerprint density at radius 2 is 1.66 bits per heavy atom. The van der Waals surface area contributed by atoms with Crippen LogP contribution in [0, 0.1) is 5.92 Å². The van der Waals surface area contributed by atoms with Crippen molar-refractivity contribution in [1.29, 1.82) is 0 Å². The van der Waals surface area contributed by atoms with Gasteiger partial charge >= 0.3 is 5.97 Å². The zero-order chi connectivity index (χ0) is 21.0. The Bertz CT molecular complexity index is 786. The molecule has 1 aliphatic carbocycles. The van der Waals surface area contributed by atoms with Gasteiger partial charge in [0, 0.05) is 37.3 Å². The lowest BCUT2D eigenvalue weighted by molar-refractivity contribution is -0.157. The third-order valence-corrected chi connectivity index (χ3v) is 5.39. The molecule has 0 aromatic heterocycles. The average Bonchev–Trinajstić information content (AvgIpc) is 3.32. The fraction of sp³-hybridized carbons (Fsp3) is 0.524. The zero-order valence-electron chi connectivity index (χ0n) is 16.8. The summed E-state index contributed by atoms with van der Waals surface area (Å²) in [5.41, 5.74) is 1.14. The summed E-state index contributed by atoms with van der Waals surface area (Å²) in [5.74, 6) is -1.67. The normalized spacial score (nSPS) is 20.4. The molecule has 1 heterocycles. The number of hydrogen-bond acceptors (Lipinski definition) is 5. The number of carbonyl (C=O) groups excluding carboxylic acids is 4. The van der Waals surface area contributed by atoms with E-state index in [9.17, 15) is 19.2 Å². The van der Waals surface area contributed by atoms with Crippen LogP contribution in [0.5, 0.6) is 0 Å². The Morgan fingerprint density at radius 1 is 1.07 bits per heavy atom. The van der Waals surface area contributed by atoms with E-state index in [1.807, 2.05) is 0 Å². The molecule has 3 amide bonds. The third kappa shape index (κ3) is 5.34. The van der Waals surface area contributed by atoms with Gasteiger partial charge in [0.2, 0.25) is 11.8 Å². The van der Waals surface area contributed by atoms with E-state index in [1.54, 1.807) is 29.2 Å². The molecule has 156 valence electrons. The second-order valence-electron chi connectivity index (χ2n) is 7.71. The van der Waals surface area contributed by atoms with E-state index in [2.05, 4.69) is 10.6 Å². The van der Waals surface area contributed by atoms with Crippen molar-refractivity contribution in [3.05, 3.63) is 24.3 Å². The molecule has 3 rings (SSSR count). The number of anilines is 2. The fourth-order valence-corrected chi connectivity index (χ4v) is 3.87. The van der Waals surface area contributed by atoms with Crippen molar-refractivity contribution in [3.63, 3.8) is 0 Å². The van der Waals surface area contributed by atoms with Gasteiger partial charge in [0.15, 0.2) is 6.10 Å². The number of amides is 3. The number of carbonyl (C=O) groups is 4. The SMILES string of the molecule is CC(=O)Nc1ccc(NC(=O)[C@H](C)OC(=O)[C@@H]2CC(=O)N(C3CCCC3)C2)cc1. The quantitative estimate of drug-likeness (QED) is 0.712. The van der Waals surface area contributed by atoms with Gasteiger partial charge in [-0.05, 0) is 44.0 Å². The van der Waals surface area contributed by atoms with E-state index in [0.717, 1.165) is 25.7 Å². The molecule has 1 aromatic rings. The van der Waals surface area contributed by atoms with Crippen LogP contribution in [-0.2, 0) is 23.9 Å². The Kier molecular flexibility index (Phi) is 6.51. The monoisotopic (exact) mass is 401 g/mol. The first-order chi connectivity index (χ1) is 13.8. The molecule has 0 spiro atoms. The molecule has 1 aliphatic heterocycles. The Hall–Kier alpha value is -2.90.